The third-order valence-electron chi connectivity index (χ3n) is 2.93. The van der Waals surface area contributed by atoms with Crippen molar-refractivity contribution in [2.45, 2.75) is 25.9 Å². The fourth-order valence-corrected chi connectivity index (χ4v) is 1.81. The molecule has 0 saturated heterocycles. The highest BCUT2D eigenvalue weighted by Crippen LogP contribution is 2.01. The molecular weight excluding hydrogens is 230 g/mol. The van der Waals surface area contributed by atoms with E-state index in [1.165, 1.54) is 0 Å². The number of aromatic nitrogens is 2. The van der Waals surface area contributed by atoms with Crippen molar-refractivity contribution < 1.29 is 4.79 Å². The van der Waals surface area contributed by atoms with Crippen LogP contribution in [0.15, 0.2) is 12.4 Å². The fourth-order valence-electron chi connectivity index (χ4n) is 1.81. The Bertz CT molecular complexity index is 376. The Kier molecular flexibility index (Phi) is 5.80. The zero-order valence-corrected chi connectivity index (χ0v) is 11.4. The predicted molar refractivity (Wildman–Crippen MR) is 70.8 cm³/mol. The third kappa shape index (κ3) is 4.46. The number of hydrogen-bond donors (Lipinski definition) is 2. The first-order valence-corrected chi connectivity index (χ1v) is 6.22. The maximum atomic E-state index is 11.2. The van der Waals surface area contributed by atoms with Crippen molar-refractivity contribution in [1.29, 1.82) is 0 Å². The third-order valence-corrected chi connectivity index (χ3v) is 2.93. The highest BCUT2D eigenvalue weighted by Gasteiger charge is 2.14. The van der Waals surface area contributed by atoms with E-state index in [2.05, 4.69) is 15.2 Å². The normalized spacial score (nSPS) is 12.9. The number of nitrogens with zero attached hydrogens (tertiary/aromatic N) is 3. The molecule has 1 rings (SSSR count). The highest BCUT2D eigenvalue weighted by atomic mass is 16.1. The molecule has 0 aliphatic carbocycles. The van der Waals surface area contributed by atoms with Crippen LogP contribution < -0.4 is 11.1 Å². The monoisotopic (exact) mass is 253 g/mol. The predicted octanol–water partition coefficient (Wildman–Crippen LogP) is -0.295. The summed E-state index contributed by atoms with van der Waals surface area (Å²) in [4.78, 5) is 17.6. The van der Waals surface area contributed by atoms with Crippen LogP contribution in [0.1, 0.15) is 19.2 Å². The van der Waals surface area contributed by atoms with Gasteiger partial charge in [0, 0.05) is 26.0 Å². The van der Waals surface area contributed by atoms with Gasteiger partial charge in [0.1, 0.15) is 5.82 Å². The minimum atomic E-state index is -0.290. The minimum absolute atomic E-state index is 0.251. The van der Waals surface area contributed by atoms with Crippen molar-refractivity contribution in [2.75, 3.05) is 20.1 Å². The van der Waals surface area contributed by atoms with Crippen LogP contribution in [0, 0.1) is 0 Å². The average molecular weight is 253 g/mol. The van der Waals surface area contributed by atoms with Gasteiger partial charge in [0.25, 0.3) is 0 Å². The molecule has 1 heterocycles. The molecule has 6 nitrogen and oxygen atoms in total. The molecule has 1 atom stereocenters. The first-order chi connectivity index (χ1) is 8.54. The van der Waals surface area contributed by atoms with Gasteiger partial charge < -0.3 is 15.6 Å². The van der Waals surface area contributed by atoms with E-state index in [0.717, 1.165) is 25.5 Å². The second-order valence-electron chi connectivity index (χ2n) is 4.49. The Balaban J connectivity index is 2.38. The molecule has 0 bridgehead atoms. The lowest BCUT2D eigenvalue weighted by Gasteiger charge is -2.20. The number of likely N-dealkylation sites (N-methyl/N-ethyl adjacent to an activating group) is 1. The fraction of sp³-hybridized carbons (Fsp3) is 0.667. The van der Waals surface area contributed by atoms with Gasteiger partial charge in [-0.15, -0.1) is 0 Å². The summed E-state index contributed by atoms with van der Waals surface area (Å²) in [5.41, 5.74) is 5.33. The molecule has 0 fully saturated rings. The van der Waals surface area contributed by atoms with Gasteiger partial charge in [0.2, 0.25) is 5.91 Å². The highest BCUT2D eigenvalue weighted by molar-refractivity contribution is 5.79. The lowest BCUT2D eigenvalue weighted by atomic mass is 10.2. The van der Waals surface area contributed by atoms with Crippen molar-refractivity contribution >= 4 is 5.91 Å². The van der Waals surface area contributed by atoms with Crippen LogP contribution in [0.3, 0.4) is 0 Å². The summed E-state index contributed by atoms with van der Waals surface area (Å²) in [7, 11) is 3.99. The van der Waals surface area contributed by atoms with E-state index in [9.17, 15) is 4.79 Å². The molecule has 0 aliphatic heterocycles. The summed E-state index contributed by atoms with van der Waals surface area (Å²) in [5, 5.41) is 3.09. The van der Waals surface area contributed by atoms with Crippen LogP contribution in [0.4, 0.5) is 0 Å². The van der Waals surface area contributed by atoms with E-state index in [4.69, 9.17) is 5.73 Å². The molecule has 18 heavy (non-hydrogen) atoms. The maximum Gasteiger partial charge on any atom is 0.234 e. The molecule has 1 amide bonds. The summed E-state index contributed by atoms with van der Waals surface area (Å²) in [6, 6.07) is -0.251. The van der Waals surface area contributed by atoms with Crippen molar-refractivity contribution in [1.82, 2.24) is 19.8 Å². The van der Waals surface area contributed by atoms with Crippen LogP contribution in [-0.2, 0) is 18.4 Å². The number of amides is 1. The van der Waals surface area contributed by atoms with E-state index in [1.54, 1.807) is 6.20 Å². The summed E-state index contributed by atoms with van der Waals surface area (Å²) >= 11 is 0. The molecule has 1 aromatic rings. The number of hydrogen-bond acceptors (Lipinski definition) is 4. The van der Waals surface area contributed by atoms with Crippen molar-refractivity contribution in [3.05, 3.63) is 18.2 Å². The van der Waals surface area contributed by atoms with Gasteiger partial charge in [-0.1, -0.05) is 6.92 Å². The number of nitrogens with two attached hydrogens (primary N) is 1. The second kappa shape index (κ2) is 7.13. The van der Waals surface area contributed by atoms with Crippen LogP contribution >= 0.6 is 0 Å². The number of imidazole rings is 1. The summed E-state index contributed by atoms with van der Waals surface area (Å²) in [6.07, 6.45) is 4.42. The lowest BCUT2D eigenvalue weighted by Crippen LogP contribution is -2.43. The first-order valence-electron chi connectivity index (χ1n) is 6.22. The van der Waals surface area contributed by atoms with Crippen LogP contribution in [0.2, 0.25) is 0 Å². The van der Waals surface area contributed by atoms with Gasteiger partial charge in [0.05, 0.1) is 12.6 Å². The van der Waals surface area contributed by atoms with E-state index < -0.39 is 0 Å². The Morgan fingerprint density at radius 1 is 1.67 bits per heavy atom. The molecule has 6 heteroatoms. The van der Waals surface area contributed by atoms with Crippen LogP contribution in [0.5, 0.6) is 0 Å². The molecule has 0 saturated carbocycles. The largest absolute Gasteiger partial charge is 0.368 e. The zero-order valence-electron chi connectivity index (χ0n) is 11.4. The summed E-state index contributed by atoms with van der Waals surface area (Å²) < 4.78 is 1.99. The number of carbonyl (C=O) groups is 1. The Morgan fingerprint density at radius 2 is 2.39 bits per heavy atom. The quantitative estimate of drug-likeness (QED) is 0.667. The second-order valence-corrected chi connectivity index (χ2v) is 4.49. The van der Waals surface area contributed by atoms with E-state index >= 15 is 0 Å². The summed E-state index contributed by atoms with van der Waals surface area (Å²) in [5.74, 6) is 0.721. The van der Waals surface area contributed by atoms with Gasteiger partial charge in [-0.25, -0.2) is 4.98 Å². The lowest BCUT2D eigenvalue weighted by molar-refractivity contribution is -0.120. The van der Waals surface area contributed by atoms with Gasteiger partial charge in [-0.2, -0.15) is 0 Å². The van der Waals surface area contributed by atoms with Gasteiger partial charge in [0.15, 0.2) is 0 Å². The standard InChI is InChI=1S/C12H23N5O/c1-4-14-10(12(13)18)5-7-16(2)9-11-15-6-8-17(11)3/h6,8,10,14H,4-5,7,9H2,1-3H3,(H2,13,18). The Hall–Kier alpha value is -1.40. The number of aryl methyl sites for hydroxylation is 1. The summed E-state index contributed by atoms with van der Waals surface area (Å²) in [6.45, 7) is 4.28. The van der Waals surface area contributed by atoms with Gasteiger partial charge in [-0.05, 0) is 20.0 Å². The molecule has 1 unspecified atom stereocenters. The molecule has 102 valence electrons. The van der Waals surface area contributed by atoms with E-state index in [-0.39, 0.29) is 11.9 Å². The molecular formula is C12H23N5O. The molecule has 0 aromatic carbocycles. The molecule has 0 aliphatic rings. The molecule has 0 radical (unpaired) electrons. The number of carbonyl (C=O) groups excluding carboxylic acids is 1. The number of nitrogens with one attached hydrogen (secondary N) is 1. The Labute approximate surface area is 108 Å². The van der Waals surface area contributed by atoms with Gasteiger partial charge >= 0.3 is 0 Å². The van der Waals surface area contributed by atoms with Crippen molar-refractivity contribution in [2.24, 2.45) is 12.8 Å². The Morgan fingerprint density at radius 3 is 2.89 bits per heavy atom. The van der Waals surface area contributed by atoms with E-state index in [1.807, 2.05) is 31.8 Å². The smallest absolute Gasteiger partial charge is 0.234 e. The molecule has 1 aromatic heterocycles. The minimum Gasteiger partial charge on any atom is -0.368 e. The van der Waals surface area contributed by atoms with Crippen LogP contribution in [-0.4, -0.2) is 46.5 Å². The van der Waals surface area contributed by atoms with Crippen molar-refractivity contribution in [3.8, 4) is 0 Å². The first kappa shape index (κ1) is 14.7. The maximum absolute atomic E-state index is 11.2. The van der Waals surface area contributed by atoms with Gasteiger partial charge in [-0.3, -0.25) is 9.69 Å². The van der Waals surface area contributed by atoms with E-state index in [0.29, 0.717) is 6.42 Å². The molecule has 3 N–H and O–H groups in total. The van der Waals surface area contributed by atoms with Crippen molar-refractivity contribution in [3.63, 3.8) is 0 Å². The average Bonchev–Trinajstić information content (AvgIpc) is 2.70. The molecule has 0 spiro atoms. The van der Waals surface area contributed by atoms with Crippen LogP contribution in [0.25, 0.3) is 0 Å². The topological polar surface area (TPSA) is 76.2 Å². The zero-order chi connectivity index (χ0) is 13.5. The number of rotatable bonds is 8. The SMILES string of the molecule is CCNC(CCN(C)Cc1nccn1C)C(N)=O. The number of primary amides is 1.